The van der Waals surface area contributed by atoms with Crippen molar-refractivity contribution in [3.05, 3.63) is 0 Å². The van der Waals surface area contributed by atoms with E-state index in [2.05, 4.69) is 30.3 Å². The highest BCUT2D eigenvalue weighted by Crippen LogP contribution is 2.28. The van der Waals surface area contributed by atoms with E-state index in [4.69, 9.17) is 14.2 Å². The third-order valence-corrected chi connectivity index (χ3v) is 5.39. The maximum atomic E-state index is 11.6. The SMILES string of the molecule is CCCCCC(OCCOCCOCCC(=O)NCC#CC(C)C)SSC. The van der Waals surface area contributed by atoms with Crippen LogP contribution in [0.4, 0.5) is 0 Å². The summed E-state index contributed by atoms with van der Waals surface area (Å²) in [4.78, 5) is 11.6. The lowest BCUT2D eigenvalue weighted by Crippen LogP contribution is -2.25. The minimum Gasteiger partial charge on any atom is -0.379 e. The van der Waals surface area contributed by atoms with E-state index in [1.807, 2.05) is 13.8 Å². The number of hydrogen-bond donors (Lipinski definition) is 1. The molecule has 27 heavy (non-hydrogen) atoms. The Kier molecular flexibility index (Phi) is 20.1. The zero-order valence-corrected chi connectivity index (χ0v) is 19.0. The molecule has 0 aliphatic rings. The second-order valence-electron chi connectivity index (χ2n) is 6.29. The molecule has 1 atom stereocenters. The van der Waals surface area contributed by atoms with Gasteiger partial charge in [0.1, 0.15) is 5.44 Å². The van der Waals surface area contributed by atoms with Crippen LogP contribution in [0.2, 0.25) is 0 Å². The third-order valence-electron chi connectivity index (χ3n) is 3.39. The molecule has 0 heterocycles. The summed E-state index contributed by atoms with van der Waals surface area (Å²) in [5.74, 6) is 6.21. The number of carbonyl (C=O) groups is 1. The molecule has 0 saturated heterocycles. The van der Waals surface area contributed by atoms with Crippen molar-refractivity contribution in [3.8, 4) is 11.8 Å². The normalized spacial score (nSPS) is 11.9. The summed E-state index contributed by atoms with van der Waals surface area (Å²) in [7, 11) is 3.53. The molecule has 0 rings (SSSR count). The highest BCUT2D eigenvalue weighted by molar-refractivity contribution is 8.76. The number of unbranched alkanes of at least 4 members (excludes halogenated alkanes) is 2. The van der Waals surface area contributed by atoms with Crippen molar-refractivity contribution >= 4 is 27.5 Å². The lowest BCUT2D eigenvalue weighted by Gasteiger charge is -2.16. The van der Waals surface area contributed by atoms with E-state index in [0.717, 1.165) is 6.42 Å². The first kappa shape index (κ1) is 26.6. The second kappa shape index (κ2) is 20.3. The summed E-state index contributed by atoms with van der Waals surface area (Å²) < 4.78 is 16.8. The van der Waals surface area contributed by atoms with E-state index in [0.29, 0.717) is 51.9 Å². The first-order valence-corrected chi connectivity index (χ1v) is 12.4. The monoisotopic (exact) mass is 419 g/mol. The van der Waals surface area contributed by atoms with Crippen LogP contribution < -0.4 is 5.32 Å². The number of ether oxygens (including phenoxy) is 3. The van der Waals surface area contributed by atoms with Crippen LogP contribution in [-0.4, -0.2) is 57.2 Å². The summed E-state index contributed by atoms with van der Waals surface area (Å²) in [5, 5.41) is 2.75. The summed E-state index contributed by atoms with van der Waals surface area (Å²) >= 11 is 0. The summed E-state index contributed by atoms with van der Waals surface area (Å²) in [6.07, 6.45) is 7.21. The first-order valence-electron chi connectivity index (χ1n) is 9.81. The number of amides is 1. The molecular formula is C20H37NO4S2. The first-order chi connectivity index (χ1) is 13.1. The molecule has 1 amide bonds. The Morgan fingerprint density at radius 3 is 2.44 bits per heavy atom. The predicted molar refractivity (Wildman–Crippen MR) is 117 cm³/mol. The molecule has 0 radical (unpaired) electrons. The predicted octanol–water partition coefficient (Wildman–Crippen LogP) is 4.12. The van der Waals surface area contributed by atoms with Gasteiger partial charge in [-0.05, 0) is 19.1 Å². The average Bonchev–Trinajstić information content (AvgIpc) is 2.63. The van der Waals surface area contributed by atoms with E-state index in [1.54, 1.807) is 21.6 Å². The van der Waals surface area contributed by atoms with Gasteiger partial charge in [0.15, 0.2) is 0 Å². The van der Waals surface area contributed by atoms with Crippen molar-refractivity contribution < 1.29 is 19.0 Å². The Bertz CT molecular complexity index is 411. The number of hydrogen-bond acceptors (Lipinski definition) is 6. The molecule has 0 bridgehead atoms. The minimum absolute atomic E-state index is 0.0391. The molecule has 7 heteroatoms. The highest BCUT2D eigenvalue weighted by Gasteiger charge is 2.08. The van der Waals surface area contributed by atoms with Gasteiger partial charge >= 0.3 is 0 Å². The van der Waals surface area contributed by atoms with Crippen LogP contribution in [0.15, 0.2) is 0 Å². The lowest BCUT2D eigenvalue weighted by atomic mass is 10.2. The molecule has 0 aliphatic heterocycles. The molecule has 0 aromatic rings. The number of carbonyl (C=O) groups excluding carboxylic acids is 1. The molecular weight excluding hydrogens is 382 g/mol. The largest absolute Gasteiger partial charge is 0.379 e. The zero-order valence-electron chi connectivity index (χ0n) is 17.4. The molecule has 0 aliphatic carbocycles. The van der Waals surface area contributed by atoms with E-state index >= 15 is 0 Å². The van der Waals surface area contributed by atoms with Gasteiger partial charge in [-0.3, -0.25) is 4.79 Å². The van der Waals surface area contributed by atoms with Crippen molar-refractivity contribution in [2.45, 2.75) is 58.3 Å². The van der Waals surface area contributed by atoms with Gasteiger partial charge in [0.2, 0.25) is 5.91 Å². The highest BCUT2D eigenvalue weighted by atomic mass is 33.1. The minimum atomic E-state index is -0.0391. The summed E-state index contributed by atoms with van der Waals surface area (Å²) in [6.45, 7) is 9.21. The van der Waals surface area contributed by atoms with Crippen molar-refractivity contribution in [1.82, 2.24) is 5.32 Å². The van der Waals surface area contributed by atoms with Gasteiger partial charge in [-0.1, -0.05) is 67.0 Å². The third kappa shape index (κ3) is 20.2. The molecule has 0 fully saturated rings. The smallest absolute Gasteiger partial charge is 0.223 e. The van der Waals surface area contributed by atoms with Crippen molar-refractivity contribution in [2.75, 3.05) is 45.8 Å². The maximum absolute atomic E-state index is 11.6. The molecule has 0 saturated carbocycles. The molecule has 1 N–H and O–H groups in total. The van der Waals surface area contributed by atoms with Crippen LogP contribution in [0.1, 0.15) is 52.9 Å². The molecule has 158 valence electrons. The molecule has 0 aromatic carbocycles. The fourth-order valence-electron chi connectivity index (χ4n) is 2.04. The van der Waals surface area contributed by atoms with Crippen LogP contribution >= 0.6 is 21.6 Å². The summed E-state index contributed by atoms with van der Waals surface area (Å²) in [5.41, 5.74) is 0.246. The van der Waals surface area contributed by atoms with Gasteiger partial charge in [0, 0.05) is 12.3 Å². The standard InChI is InChI=1S/C20H37NO4S2/c1-5-6-7-10-20(27-26-4)25-17-16-24-15-14-23-13-11-19(22)21-12-8-9-18(2)3/h18,20H,5-7,10-17H2,1-4H3,(H,21,22). The Morgan fingerprint density at radius 1 is 1.07 bits per heavy atom. The van der Waals surface area contributed by atoms with E-state index in [1.165, 1.54) is 19.3 Å². The van der Waals surface area contributed by atoms with Gasteiger partial charge in [-0.2, -0.15) is 0 Å². The van der Waals surface area contributed by atoms with Crippen molar-refractivity contribution in [1.29, 1.82) is 0 Å². The lowest BCUT2D eigenvalue weighted by molar-refractivity contribution is -0.122. The average molecular weight is 420 g/mol. The summed E-state index contributed by atoms with van der Waals surface area (Å²) in [6, 6.07) is 0. The zero-order chi connectivity index (χ0) is 20.2. The maximum Gasteiger partial charge on any atom is 0.223 e. The van der Waals surface area contributed by atoms with Crippen molar-refractivity contribution in [2.24, 2.45) is 5.92 Å². The van der Waals surface area contributed by atoms with Crippen LogP contribution in [0, 0.1) is 17.8 Å². The van der Waals surface area contributed by atoms with Crippen LogP contribution in [-0.2, 0) is 19.0 Å². The molecule has 5 nitrogen and oxygen atoms in total. The topological polar surface area (TPSA) is 56.8 Å². The Labute approximate surface area is 173 Å². The van der Waals surface area contributed by atoms with Crippen LogP contribution in [0.5, 0.6) is 0 Å². The fourth-order valence-corrected chi connectivity index (χ4v) is 3.77. The van der Waals surface area contributed by atoms with Crippen LogP contribution in [0.25, 0.3) is 0 Å². The number of nitrogens with one attached hydrogen (secondary N) is 1. The quantitative estimate of drug-likeness (QED) is 0.166. The van der Waals surface area contributed by atoms with E-state index in [9.17, 15) is 4.79 Å². The Hall–Kier alpha value is -0.390. The van der Waals surface area contributed by atoms with Gasteiger partial charge in [0.05, 0.1) is 39.6 Å². The van der Waals surface area contributed by atoms with Gasteiger partial charge < -0.3 is 19.5 Å². The van der Waals surface area contributed by atoms with Gasteiger partial charge in [0.25, 0.3) is 0 Å². The van der Waals surface area contributed by atoms with E-state index in [-0.39, 0.29) is 11.3 Å². The van der Waals surface area contributed by atoms with Crippen molar-refractivity contribution in [3.63, 3.8) is 0 Å². The Balaban J connectivity index is 3.47. The number of rotatable bonds is 17. The van der Waals surface area contributed by atoms with Gasteiger partial charge in [-0.25, -0.2) is 0 Å². The van der Waals surface area contributed by atoms with Crippen LogP contribution in [0.3, 0.4) is 0 Å². The molecule has 0 spiro atoms. The van der Waals surface area contributed by atoms with Gasteiger partial charge in [-0.15, -0.1) is 0 Å². The Morgan fingerprint density at radius 2 is 1.78 bits per heavy atom. The second-order valence-corrected chi connectivity index (χ2v) is 8.92. The fraction of sp³-hybridized carbons (Fsp3) is 0.850. The molecule has 1 unspecified atom stereocenters. The molecule has 0 aromatic heterocycles. The van der Waals surface area contributed by atoms with E-state index < -0.39 is 0 Å².